The fourth-order valence-electron chi connectivity index (χ4n) is 4.86. The number of rotatable bonds is 8. The largest absolute Gasteiger partial charge is 0.387 e. The van der Waals surface area contributed by atoms with Gasteiger partial charge in [0.1, 0.15) is 17.7 Å². The van der Waals surface area contributed by atoms with Crippen LogP contribution in [0.15, 0.2) is 24.5 Å². The van der Waals surface area contributed by atoms with Crippen LogP contribution in [0.25, 0.3) is 11.2 Å². The number of ether oxygens (including phenoxy) is 1. The molecule has 0 unspecified atom stereocenters. The number of fused-ring (bicyclic) bond motifs is 1. The molecule has 4 heterocycles. The molecule has 3 aromatic rings. The van der Waals surface area contributed by atoms with Gasteiger partial charge in [0.15, 0.2) is 35.4 Å². The molecule has 6 N–H and O–H groups in total. The minimum atomic E-state index is -1.44. The molecule has 0 bridgehead atoms. The molecular formula is C24H31F2N9O4. The van der Waals surface area contributed by atoms with Gasteiger partial charge < -0.3 is 36.2 Å². The molecule has 0 aliphatic carbocycles. The number of hydrogen-bond donors (Lipinski definition) is 5. The standard InChI is InChI=1S/C24H31F2N9O4/c1-2-28-22(38)19-17(36)18(37)23(39-19)35-12-30-16-20(27)31-24(32-21(16)35)29-6-7-33-8-10-34(11-9-33)14-5-3-4-13(25)15(14)26/h3-5,12,17-19,23,36-37H,2,6-11H2,1H3,(H,28,38)(H3,27,29,31,32)/t17-,18+,19-,23+/m0/s1. The van der Waals surface area contributed by atoms with Crippen molar-refractivity contribution in [1.29, 1.82) is 0 Å². The van der Waals surface area contributed by atoms with Crippen LogP contribution in [0.1, 0.15) is 13.2 Å². The van der Waals surface area contributed by atoms with E-state index in [9.17, 15) is 23.8 Å². The molecule has 1 amide bonds. The summed E-state index contributed by atoms with van der Waals surface area (Å²) in [5.41, 5.74) is 6.92. The van der Waals surface area contributed by atoms with E-state index in [1.165, 1.54) is 17.0 Å². The average Bonchev–Trinajstić information content (AvgIpc) is 3.47. The minimum Gasteiger partial charge on any atom is -0.387 e. The number of piperazine rings is 1. The molecular weight excluding hydrogens is 516 g/mol. The lowest BCUT2D eigenvalue weighted by atomic mass is 10.1. The molecule has 4 atom stereocenters. The third-order valence-electron chi connectivity index (χ3n) is 6.93. The van der Waals surface area contributed by atoms with E-state index < -0.39 is 42.1 Å². The molecule has 13 nitrogen and oxygen atoms in total. The Hall–Kier alpha value is -3.66. The molecule has 0 saturated carbocycles. The van der Waals surface area contributed by atoms with Gasteiger partial charge in [0.05, 0.1) is 12.0 Å². The summed E-state index contributed by atoms with van der Waals surface area (Å²) in [7, 11) is 0. The fraction of sp³-hybridized carbons (Fsp3) is 0.500. The lowest BCUT2D eigenvalue weighted by molar-refractivity contribution is -0.137. The molecule has 15 heteroatoms. The molecule has 2 aliphatic rings. The number of nitrogens with two attached hydrogens (primary N) is 1. The van der Waals surface area contributed by atoms with Crippen molar-refractivity contribution < 1.29 is 28.5 Å². The van der Waals surface area contributed by atoms with E-state index in [0.717, 1.165) is 6.07 Å². The van der Waals surface area contributed by atoms with E-state index in [1.807, 2.05) is 4.90 Å². The number of hydrogen-bond acceptors (Lipinski definition) is 11. The first-order valence-corrected chi connectivity index (χ1v) is 12.7. The maximum atomic E-state index is 14.1. The molecule has 0 spiro atoms. The van der Waals surface area contributed by atoms with Crippen molar-refractivity contribution in [3.8, 4) is 0 Å². The van der Waals surface area contributed by atoms with Gasteiger partial charge in [-0.2, -0.15) is 9.97 Å². The zero-order valence-corrected chi connectivity index (χ0v) is 21.3. The molecule has 2 fully saturated rings. The molecule has 0 radical (unpaired) electrons. The Kier molecular flexibility index (Phi) is 7.74. The smallest absolute Gasteiger partial charge is 0.252 e. The highest BCUT2D eigenvalue weighted by atomic mass is 19.2. The number of halogens is 2. The van der Waals surface area contributed by atoms with Crippen LogP contribution in [-0.4, -0.2) is 105 Å². The number of anilines is 3. The first kappa shape index (κ1) is 26.9. The summed E-state index contributed by atoms with van der Waals surface area (Å²) < 4.78 is 34.8. The van der Waals surface area contributed by atoms with Gasteiger partial charge in [0.2, 0.25) is 5.95 Å². The zero-order chi connectivity index (χ0) is 27.7. The van der Waals surface area contributed by atoms with Crippen LogP contribution in [0.3, 0.4) is 0 Å². The summed E-state index contributed by atoms with van der Waals surface area (Å²) in [6, 6.07) is 4.19. The summed E-state index contributed by atoms with van der Waals surface area (Å²) >= 11 is 0. The van der Waals surface area contributed by atoms with Crippen molar-refractivity contribution in [2.75, 3.05) is 61.8 Å². The first-order chi connectivity index (χ1) is 18.8. The van der Waals surface area contributed by atoms with Crippen LogP contribution in [0.2, 0.25) is 0 Å². The normalized spacial score (nSPS) is 23.9. The number of benzene rings is 1. The number of aliphatic hydroxyl groups excluding tert-OH is 2. The summed E-state index contributed by atoms with van der Waals surface area (Å²) in [5.74, 6) is -1.88. The van der Waals surface area contributed by atoms with Crippen molar-refractivity contribution in [1.82, 2.24) is 29.7 Å². The number of aromatic nitrogens is 4. The SMILES string of the molecule is CCNC(=O)[C@H]1O[C@@H](n2cnc3c(N)nc(NCCN4CCN(c5cccc(F)c5F)CC4)nc32)[C@H](O)[C@@H]1O. The molecule has 2 aliphatic heterocycles. The number of amides is 1. The lowest BCUT2D eigenvalue weighted by Gasteiger charge is -2.36. The topological polar surface area (TPSA) is 167 Å². The highest BCUT2D eigenvalue weighted by molar-refractivity contribution is 5.83. The van der Waals surface area contributed by atoms with Crippen LogP contribution in [0.5, 0.6) is 0 Å². The van der Waals surface area contributed by atoms with E-state index >= 15 is 0 Å². The third kappa shape index (κ3) is 5.30. The number of nitrogens with zero attached hydrogens (tertiary/aromatic N) is 6. The molecule has 1 aromatic carbocycles. The monoisotopic (exact) mass is 547 g/mol. The number of carbonyl (C=O) groups excluding carboxylic acids is 1. The van der Waals surface area contributed by atoms with Gasteiger partial charge in [0.25, 0.3) is 5.91 Å². The van der Waals surface area contributed by atoms with Gasteiger partial charge in [-0.3, -0.25) is 14.3 Å². The number of nitrogen functional groups attached to an aromatic ring is 1. The Labute approximate surface area is 222 Å². The molecule has 2 aromatic heterocycles. The Morgan fingerprint density at radius 2 is 1.95 bits per heavy atom. The van der Waals surface area contributed by atoms with Crippen molar-refractivity contribution >= 4 is 34.5 Å². The highest BCUT2D eigenvalue weighted by Crippen LogP contribution is 2.32. The van der Waals surface area contributed by atoms with Crippen LogP contribution in [0, 0.1) is 11.6 Å². The Morgan fingerprint density at radius 3 is 2.69 bits per heavy atom. The van der Waals surface area contributed by atoms with Crippen LogP contribution in [-0.2, 0) is 9.53 Å². The van der Waals surface area contributed by atoms with Gasteiger partial charge in [0, 0.05) is 45.8 Å². The second-order valence-electron chi connectivity index (χ2n) is 9.41. The Morgan fingerprint density at radius 1 is 1.18 bits per heavy atom. The van der Waals surface area contributed by atoms with E-state index in [4.69, 9.17) is 10.5 Å². The summed E-state index contributed by atoms with van der Waals surface area (Å²) in [5, 5.41) is 26.7. The average molecular weight is 548 g/mol. The Balaban J connectivity index is 1.21. The van der Waals surface area contributed by atoms with E-state index in [0.29, 0.717) is 45.8 Å². The molecule has 210 valence electrons. The summed E-state index contributed by atoms with van der Waals surface area (Å²) in [6.07, 6.45) is -3.84. The molecule has 39 heavy (non-hydrogen) atoms. The van der Waals surface area contributed by atoms with E-state index in [-0.39, 0.29) is 28.6 Å². The van der Waals surface area contributed by atoms with Gasteiger partial charge in [-0.25, -0.2) is 13.8 Å². The first-order valence-electron chi connectivity index (χ1n) is 12.7. The van der Waals surface area contributed by atoms with Crippen LogP contribution in [0.4, 0.5) is 26.2 Å². The van der Waals surface area contributed by atoms with Crippen LogP contribution < -0.4 is 21.3 Å². The highest BCUT2D eigenvalue weighted by Gasteiger charge is 2.47. The minimum absolute atomic E-state index is 0.111. The third-order valence-corrected chi connectivity index (χ3v) is 6.93. The quantitative estimate of drug-likeness (QED) is 0.251. The van der Waals surface area contributed by atoms with Gasteiger partial charge in [-0.1, -0.05) is 6.07 Å². The maximum Gasteiger partial charge on any atom is 0.252 e. The second-order valence-corrected chi connectivity index (χ2v) is 9.41. The van der Waals surface area contributed by atoms with Crippen LogP contribution >= 0.6 is 0 Å². The number of imidazole rings is 1. The molecule has 5 rings (SSSR count). The van der Waals surface area contributed by atoms with E-state index in [2.05, 4.69) is 30.5 Å². The Bertz CT molecular complexity index is 1330. The van der Waals surface area contributed by atoms with Crippen molar-refractivity contribution in [3.05, 3.63) is 36.2 Å². The zero-order valence-electron chi connectivity index (χ0n) is 21.3. The number of carbonyl (C=O) groups is 1. The van der Waals surface area contributed by atoms with Gasteiger partial charge in [-0.15, -0.1) is 0 Å². The number of nitrogens with one attached hydrogen (secondary N) is 2. The van der Waals surface area contributed by atoms with Gasteiger partial charge in [-0.05, 0) is 19.1 Å². The number of likely N-dealkylation sites (N-methyl/N-ethyl adjacent to an activating group) is 1. The molecule has 2 saturated heterocycles. The summed E-state index contributed by atoms with van der Waals surface area (Å²) in [4.78, 5) is 29.2. The number of aliphatic hydroxyl groups is 2. The van der Waals surface area contributed by atoms with Gasteiger partial charge >= 0.3 is 0 Å². The maximum absolute atomic E-state index is 14.1. The van der Waals surface area contributed by atoms with Crippen molar-refractivity contribution in [2.24, 2.45) is 0 Å². The lowest BCUT2D eigenvalue weighted by Crippen LogP contribution is -2.48. The van der Waals surface area contributed by atoms with E-state index in [1.54, 1.807) is 13.0 Å². The predicted molar refractivity (Wildman–Crippen MR) is 138 cm³/mol. The van der Waals surface area contributed by atoms with Crippen molar-refractivity contribution in [3.63, 3.8) is 0 Å². The predicted octanol–water partition coefficient (Wildman–Crippen LogP) is -0.324. The van der Waals surface area contributed by atoms with Crippen molar-refractivity contribution in [2.45, 2.75) is 31.5 Å². The second kappa shape index (κ2) is 11.2. The summed E-state index contributed by atoms with van der Waals surface area (Å²) in [6.45, 7) is 5.65. The fourth-order valence-corrected chi connectivity index (χ4v) is 4.86.